The second kappa shape index (κ2) is 7.16. The maximum atomic E-state index is 9.72. The van der Waals surface area contributed by atoms with E-state index in [1.807, 2.05) is 24.3 Å². The van der Waals surface area contributed by atoms with Gasteiger partial charge in [-0.05, 0) is 50.5 Å². The lowest BCUT2D eigenvalue weighted by atomic mass is 10.1. The molecule has 0 fully saturated rings. The quantitative estimate of drug-likeness (QED) is 0.795. The van der Waals surface area contributed by atoms with Gasteiger partial charge in [-0.1, -0.05) is 29.7 Å². The predicted molar refractivity (Wildman–Crippen MR) is 100 cm³/mol. The highest BCUT2D eigenvalue weighted by Crippen LogP contribution is 2.12. The molecular weight excluding hydrogens is 308 g/mol. The molecule has 0 aliphatic heterocycles. The van der Waals surface area contributed by atoms with Gasteiger partial charge in [0.15, 0.2) is 0 Å². The molecule has 0 unspecified atom stereocenters. The van der Waals surface area contributed by atoms with Crippen LogP contribution in [-0.4, -0.2) is 11.7 Å². The van der Waals surface area contributed by atoms with Crippen molar-refractivity contribution in [3.8, 4) is 23.7 Å². The van der Waals surface area contributed by atoms with Crippen molar-refractivity contribution in [1.29, 1.82) is 5.26 Å². The van der Waals surface area contributed by atoms with Gasteiger partial charge in [-0.3, -0.25) is 0 Å². The lowest BCUT2D eigenvalue weighted by Gasteiger charge is -2.02. The van der Waals surface area contributed by atoms with Crippen molar-refractivity contribution in [3.63, 3.8) is 0 Å². The van der Waals surface area contributed by atoms with E-state index in [4.69, 9.17) is 4.74 Å². The predicted octanol–water partition coefficient (Wildman–Crippen LogP) is 2.70. The van der Waals surface area contributed by atoms with Crippen molar-refractivity contribution in [2.24, 2.45) is 0 Å². The molecule has 124 valence electrons. The maximum absolute atomic E-state index is 9.72. The molecule has 3 rings (SSSR count). The Morgan fingerprint density at radius 3 is 2.80 bits per heavy atom. The SMILES string of the molecule is CCn1c(C#Cc2cccc(OC)c2)c(C#N)c2c1=CC(C)=CCC=2. The molecule has 0 saturated carbocycles. The van der Waals surface area contributed by atoms with Gasteiger partial charge in [-0.2, -0.15) is 5.26 Å². The molecule has 1 heterocycles. The van der Waals surface area contributed by atoms with Crippen LogP contribution in [-0.2, 0) is 6.54 Å². The minimum Gasteiger partial charge on any atom is -0.497 e. The first-order valence-corrected chi connectivity index (χ1v) is 8.35. The summed E-state index contributed by atoms with van der Waals surface area (Å²) in [7, 11) is 1.64. The van der Waals surface area contributed by atoms with Gasteiger partial charge in [0.05, 0.1) is 18.0 Å². The maximum Gasteiger partial charge on any atom is 0.120 e. The molecule has 25 heavy (non-hydrogen) atoms. The van der Waals surface area contributed by atoms with Crippen LogP contribution in [0.1, 0.15) is 37.1 Å². The molecule has 0 atom stereocenters. The highest BCUT2D eigenvalue weighted by Gasteiger charge is 2.13. The first kappa shape index (κ1) is 16.7. The Balaban J connectivity index is 2.22. The zero-order chi connectivity index (χ0) is 17.8. The number of ether oxygens (including phenoxy) is 1. The molecular formula is C22H20N2O. The molecule has 0 bridgehead atoms. The van der Waals surface area contributed by atoms with E-state index in [1.54, 1.807) is 7.11 Å². The van der Waals surface area contributed by atoms with Crippen LogP contribution >= 0.6 is 0 Å². The Hall–Kier alpha value is -3.17. The van der Waals surface area contributed by atoms with Crippen LogP contribution in [0.3, 0.4) is 0 Å². The number of nitriles is 1. The lowest BCUT2D eigenvalue weighted by molar-refractivity contribution is 0.414. The van der Waals surface area contributed by atoms with Gasteiger partial charge in [-0.25, -0.2) is 0 Å². The van der Waals surface area contributed by atoms with E-state index in [1.165, 1.54) is 5.57 Å². The van der Waals surface area contributed by atoms with Gasteiger partial charge in [0.25, 0.3) is 0 Å². The zero-order valence-electron chi connectivity index (χ0n) is 14.8. The number of allylic oxidation sites excluding steroid dienone is 2. The van der Waals surface area contributed by atoms with Crippen molar-refractivity contribution >= 4 is 12.2 Å². The van der Waals surface area contributed by atoms with Crippen molar-refractivity contribution in [3.05, 3.63) is 63.3 Å². The van der Waals surface area contributed by atoms with E-state index >= 15 is 0 Å². The van der Waals surface area contributed by atoms with E-state index in [0.29, 0.717) is 5.56 Å². The number of hydrogen-bond donors (Lipinski definition) is 0. The van der Waals surface area contributed by atoms with E-state index < -0.39 is 0 Å². The number of fused-ring (bicyclic) bond motifs is 1. The number of hydrogen-bond acceptors (Lipinski definition) is 2. The van der Waals surface area contributed by atoms with Gasteiger partial charge in [0.1, 0.15) is 17.5 Å². The molecule has 1 aromatic heterocycles. The fraction of sp³-hybridized carbons (Fsp3) is 0.227. The third-order valence-electron chi connectivity index (χ3n) is 4.29. The Kier molecular flexibility index (Phi) is 4.78. The fourth-order valence-electron chi connectivity index (χ4n) is 3.06. The fourth-order valence-corrected chi connectivity index (χ4v) is 3.06. The Morgan fingerprint density at radius 1 is 1.24 bits per heavy atom. The first-order valence-electron chi connectivity index (χ1n) is 8.35. The van der Waals surface area contributed by atoms with E-state index in [-0.39, 0.29) is 0 Å². The van der Waals surface area contributed by atoms with Gasteiger partial charge < -0.3 is 9.30 Å². The standard InChI is InChI=1S/C22H20N2O/c1-4-24-21(12-11-17-8-6-9-18(14-17)25-3)20(15-23)19-10-5-7-16(2)13-22(19)24/h6-10,13-14H,4-5H2,1-3H3. The smallest absolute Gasteiger partial charge is 0.120 e. The van der Waals surface area contributed by atoms with Crippen LogP contribution in [0, 0.1) is 23.2 Å². The number of methoxy groups -OCH3 is 1. The van der Waals surface area contributed by atoms with E-state index in [9.17, 15) is 5.26 Å². The number of benzene rings is 1. The summed E-state index contributed by atoms with van der Waals surface area (Å²) in [5.41, 5.74) is 3.51. The summed E-state index contributed by atoms with van der Waals surface area (Å²) in [5.74, 6) is 7.17. The van der Waals surface area contributed by atoms with E-state index in [2.05, 4.69) is 54.6 Å². The van der Waals surface area contributed by atoms with Gasteiger partial charge in [0, 0.05) is 17.3 Å². The van der Waals surface area contributed by atoms with E-state index in [0.717, 1.165) is 40.5 Å². The molecule has 0 radical (unpaired) electrons. The summed E-state index contributed by atoms with van der Waals surface area (Å²) in [6.45, 7) is 4.93. The normalized spacial score (nSPS) is 12.3. The minimum atomic E-state index is 0.659. The van der Waals surface area contributed by atoms with Gasteiger partial charge in [0.2, 0.25) is 0 Å². The van der Waals surface area contributed by atoms with Crippen LogP contribution in [0.2, 0.25) is 0 Å². The number of nitrogens with zero attached hydrogens (tertiary/aromatic N) is 2. The Morgan fingerprint density at radius 2 is 2.08 bits per heavy atom. The number of aromatic nitrogens is 1. The summed E-state index contributed by atoms with van der Waals surface area (Å²) >= 11 is 0. The molecule has 0 amide bonds. The van der Waals surface area contributed by atoms with Crippen molar-refractivity contribution in [2.75, 3.05) is 7.11 Å². The molecule has 2 aromatic rings. The average Bonchev–Trinajstić information content (AvgIpc) is 2.77. The Bertz CT molecular complexity index is 1070. The number of rotatable bonds is 2. The summed E-state index contributed by atoms with van der Waals surface area (Å²) in [6, 6.07) is 10.0. The summed E-state index contributed by atoms with van der Waals surface area (Å²) in [4.78, 5) is 0. The third-order valence-corrected chi connectivity index (χ3v) is 4.29. The molecule has 3 heteroatoms. The molecule has 0 N–H and O–H groups in total. The minimum absolute atomic E-state index is 0.659. The van der Waals surface area contributed by atoms with Gasteiger partial charge in [-0.15, -0.1) is 0 Å². The second-order valence-electron chi connectivity index (χ2n) is 5.89. The average molecular weight is 328 g/mol. The van der Waals surface area contributed by atoms with Crippen LogP contribution in [0.15, 0.2) is 35.9 Å². The summed E-state index contributed by atoms with van der Waals surface area (Å²) < 4.78 is 7.37. The van der Waals surface area contributed by atoms with Crippen molar-refractivity contribution in [1.82, 2.24) is 4.57 Å². The van der Waals surface area contributed by atoms with Crippen LogP contribution in [0.25, 0.3) is 12.2 Å². The van der Waals surface area contributed by atoms with Crippen molar-refractivity contribution < 1.29 is 4.74 Å². The second-order valence-corrected chi connectivity index (χ2v) is 5.89. The van der Waals surface area contributed by atoms with Crippen LogP contribution in [0.4, 0.5) is 0 Å². The topological polar surface area (TPSA) is 38.0 Å². The Labute approximate surface area is 148 Å². The lowest BCUT2D eigenvalue weighted by Crippen LogP contribution is -2.29. The third kappa shape index (κ3) is 3.23. The van der Waals surface area contributed by atoms with Crippen LogP contribution in [0.5, 0.6) is 5.75 Å². The first-order chi connectivity index (χ1) is 12.2. The molecule has 1 aliphatic rings. The van der Waals surface area contributed by atoms with Crippen LogP contribution < -0.4 is 15.3 Å². The monoisotopic (exact) mass is 328 g/mol. The summed E-state index contributed by atoms with van der Waals surface area (Å²) in [5, 5.41) is 11.8. The molecule has 1 aliphatic carbocycles. The summed E-state index contributed by atoms with van der Waals surface area (Å²) in [6.07, 6.45) is 7.26. The molecule has 3 nitrogen and oxygen atoms in total. The molecule has 0 saturated heterocycles. The zero-order valence-corrected chi connectivity index (χ0v) is 14.8. The van der Waals surface area contributed by atoms with Crippen molar-refractivity contribution in [2.45, 2.75) is 26.8 Å². The molecule has 0 spiro atoms. The van der Waals surface area contributed by atoms with Gasteiger partial charge >= 0.3 is 0 Å². The highest BCUT2D eigenvalue weighted by atomic mass is 16.5. The molecule has 1 aromatic carbocycles. The highest BCUT2D eigenvalue weighted by molar-refractivity contribution is 5.58. The largest absolute Gasteiger partial charge is 0.497 e.